The first-order valence-corrected chi connectivity index (χ1v) is 10.2. The first-order valence-electron chi connectivity index (χ1n) is 10.2. The van der Waals surface area contributed by atoms with Crippen LogP contribution in [0.4, 0.5) is 0 Å². The standard InChI is InChI=1S/C22H37N/c1-2-3-9-14-20-15-10-6-4-5-7-13-18-22(23-19-20)21-16-11-8-12-17-21/h6-7,10,13,19-22H,2-5,8-9,11-12,14-18H2,1H3. The quantitative estimate of drug-likeness (QED) is 0.387. The molecule has 2 unspecified atom stereocenters. The van der Waals surface area contributed by atoms with E-state index >= 15 is 0 Å². The first-order chi connectivity index (χ1) is 11.4. The van der Waals surface area contributed by atoms with Gasteiger partial charge in [0, 0.05) is 6.21 Å². The number of hydrogen-bond donors (Lipinski definition) is 0. The maximum Gasteiger partial charge on any atom is 0.0558 e. The molecule has 0 aromatic heterocycles. The number of aliphatic imine (C=N–C) groups is 1. The van der Waals surface area contributed by atoms with E-state index in [-0.39, 0.29) is 0 Å². The molecule has 0 radical (unpaired) electrons. The zero-order valence-electron chi connectivity index (χ0n) is 15.3. The Balaban J connectivity index is 1.99. The lowest BCUT2D eigenvalue weighted by Crippen LogP contribution is -2.22. The van der Waals surface area contributed by atoms with Crippen LogP contribution >= 0.6 is 0 Å². The lowest BCUT2D eigenvalue weighted by atomic mass is 9.82. The average Bonchev–Trinajstić information content (AvgIpc) is 2.58. The summed E-state index contributed by atoms with van der Waals surface area (Å²) in [6.45, 7) is 2.29. The van der Waals surface area contributed by atoms with Crippen LogP contribution in [-0.2, 0) is 0 Å². The average molecular weight is 316 g/mol. The van der Waals surface area contributed by atoms with Crippen LogP contribution in [-0.4, -0.2) is 12.3 Å². The van der Waals surface area contributed by atoms with Gasteiger partial charge < -0.3 is 0 Å². The molecule has 1 nitrogen and oxygen atoms in total. The highest BCUT2D eigenvalue weighted by molar-refractivity contribution is 5.61. The minimum atomic E-state index is 0.545. The fourth-order valence-electron chi connectivity index (χ4n) is 3.97. The third-order valence-electron chi connectivity index (χ3n) is 5.51. The zero-order valence-corrected chi connectivity index (χ0v) is 15.3. The fraction of sp³-hybridized carbons (Fsp3) is 0.773. The van der Waals surface area contributed by atoms with Crippen LogP contribution < -0.4 is 0 Å². The van der Waals surface area contributed by atoms with Gasteiger partial charge >= 0.3 is 0 Å². The van der Waals surface area contributed by atoms with Crippen molar-refractivity contribution < 1.29 is 0 Å². The van der Waals surface area contributed by atoms with Gasteiger partial charge in [0.2, 0.25) is 0 Å². The van der Waals surface area contributed by atoms with E-state index in [0.717, 1.165) is 12.3 Å². The second-order valence-electron chi connectivity index (χ2n) is 7.51. The van der Waals surface area contributed by atoms with Crippen LogP contribution in [0, 0.1) is 11.8 Å². The van der Waals surface area contributed by atoms with Gasteiger partial charge in [-0.15, -0.1) is 0 Å². The van der Waals surface area contributed by atoms with Crippen LogP contribution in [0.25, 0.3) is 0 Å². The summed E-state index contributed by atoms with van der Waals surface area (Å²) in [5.41, 5.74) is 0. The Hall–Kier alpha value is -0.850. The minimum Gasteiger partial charge on any atom is -0.293 e. The lowest BCUT2D eigenvalue weighted by molar-refractivity contribution is 0.306. The number of unbranched alkanes of at least 4 members (excludes halogenated alkanes) is 2. The van der Waals surface area contributed by atoms with Gasteiger partial charge in [-0.25, -0.2) is 0 Å². The molecular weight excluding hydrogens is 278 g/mol. The van der Waals surface area contributed by atoms with Crippen LogP contribution in [0.2, 0.25) is 0 Å². The van der Waals surface area contributed by atoms with Crippen molar-refractivity contribution in [2.75, 3.05) is 0 Å². The molecule has 1 aliphatic heterocycles. The molecule has 2 rings (SSSR count). The Bertz CT molecular complexity index is 373. The number of hydrogen-bond acceptors (Lipinski definition) is 1. The van der Waals surface area contributed by atoms with Gasteiger partial charge in [-0.05, 0) is 56.8 Å². The van der Waals surface area contributed by atoms with Crippen molar-refractivity contribution in [3.8, 4) is 0 Å². The monoisotopic (exact) mass is 315 g/mol. The summed E-state index contributed by atoms with van der Waals surface area (Å²) in [5.74, 6) is 1.49. The Morgan fingerprint density at radius 2 is 1.61 bits per heavy atom. The maximum atomic E-state index is 5.13. The Labute approximate surface area is 144 Å². The summed E-state index contributed by atoms with van der Waals surface area (Å²) in [6.07, 6.45) is 29.0. The first kappa shape index (κ1) is 18.5. The van der Waals surface area contributed by atoms with E-state index in [1.807, 2.05) is 0 Å². The maximum absolute atomic E-state index is 5.13. The Morgan fingerprint density at radius 1 is 0.870 bits per heavy atom. The second-order valence-corrected chi connectivity index (χ2v) is 7.51. The molecule has 1 heteroatoms. The highest BCUT2D eigenvalue weighted by atomic mass is 14.8. The molecule has 2 aliphatic rings. The van der Waals surface area contributed by atoms with E-state index in [1.165, 1.54) is 77.0 Å². The zero-order chi connectivity index (χ0) is 16.2. The van der Waals surface area contributed by atoms with Crippen LogP contribution in [0.5, 0.6) is 0 Å². The summed E-state index contributed by atoms with van der Waals surface area (Å²) in [5, 5.41) is 0. The van der Waals surface area contributed by atoms with E-state index in [9.17, 15) is 0 Å². The molecule has 0 amide bonds. The molecule has 130 valence electrons. The lowest BCUT2D eigenvalue weighted by Gasteiger charge is -2.27. The molecule has 0 spiro atoms. The van der Waals surface area contributed by atoms with Crippen molar-refractivity contribution in [1.29, 1.82) is 0 Å². The van der Waals surface area contributed by atoms with Crippen molar-refractivity contribution in [3.63, 3.8) is 0 Å². The summed E-state index contributed by atoms with van der Waals surface area (Å²) in [7, 11) is 0. The van der Waals surface area contributed by atoms with Crippen molar-refractivity contribution >= 4 is 6.21 Å². The predicted octanol–water partition coefficient (Wildman–Crippen LogP) is 6.89. The molecule has 0 N–H and O–H groups in total. The third kappa shape index (κ3) is 7.50. The van der Waals surface area contributed by atoms with E-state index in [1.54, 1.807) is 0 Å². The topological polar surface area (TPSA) is 12.4 Å². The van der Waals surface area contributed by atoms with Gasteiger partial charge in [-0.1, -0.05) is 69.8 Å². The molecule has 23 heavy (non-hydrogen) atoms. The number of allylic oxidation sites excluding steroid dienone is 3. The van der Waals surface area contributed by atoms with Crippen molar-refractivity contribution in [2.24, 2.45) is 16.8 Å². The number of rotatable bonds is 5. The van der Waals surface area contributed by atoms with E-state index in [2.05, 4.69) is 37.4 Å². The molecule has 0 bridgehead atoms. The molecule has 0 saturated heterocycles. The molecule has 0 aromatic rings. The summed E-state index contributed by atoms with van der Waals surface area (Å²) in [6, 6.07) is 0.545. The van der Waals surface area contributed by atoms with Crippen LogP contribution in [0.3, 0.4) is 0 Å². The normalized spacial score (nSPS) is 27.5. The molecule has 0 aromatic carbocycles. The highest BCUT2D eigenvalue weighted by Crippen LogP contribution is 2.30. The third-order valence-corrected chi connectivity index (χ3v) is 5.51. The predicted molar refractivity (Wildman–Crippen MR) is 103 cm³/mol. The molecule has 2 atom stereocenters. The largest absolute Gasteiger partial charge is 0.293 e. The van der Waals surface area contributed by atoms with Crippen LogP contribution in [0.1, 0.15) is 90.4 Å². The van der Waals surface area contributed by atoms with Crippen LogP contribution in [0.15, 0.2) is 29.3 Å². The smallest absolute Gasteiger partial charge is 0.0558 e. The van der Waals surface area contributed by atoms with Gasteiger partial charge in [-0.3, -0.25) is 4.99 Å². The molecule has 1 heterocycles. The summed E-state index contributed by atoms with van der Waals surface area (Å²) < 4.78 is 0. The Morgan fingerprint density at radius 3 is 2.35 bits per heavy atom. The van der Waals surface area contributed by atoms with Crippen molar-refractivity contribution in [2.45, 2.75) is 96.4 Å². The van der Waals surface area contributed by atoms with Gasteiger partial charge in [-0.2, -0.15) is 0 Å². The number of nitrogens with zero attached hydrogens (tertiary/aromatic N) is 1. The highest BCUT2D eigenvalue weighted by Gasteiger charge is 2.22. The Kier molecular flexibility index (Phi) is 9.36. The molecule has 1 saturated carbocycles. The fourth-order valence-corrected chi connectivity index (χ4v) is 3.97. The SMILES string of the molecule is CCCCCC1C=NC(C2CCCCC2)CC=CCCC=CC1. The second kappa shape index (κ2) is 11.6. The summed E-state index contributed by atoms with van der Waals surface area (Å²) >= 11 is 0. The molecule has 1 fully saturated rings. The minimum absolute atomic E-state index is 0.545. The van der Waals surface area contributed by atoms with Crippen molar-refractivity contribution in [3.05, 3.63) is 24.3 Å². The van der Waals surface area contributed by atoms with Gasteiger partial charge in [0.25, 0.3) is 0 Å². The van der Waals surface area contributed by atoms with E-state index in [0.29, 0.717) is 12.0 Å². The molecular formula is C22H37N. The van der Waals surface area contributed by atoms with E-state index in [4.69, 9.17) is 4.99 Å². The van der Waals surface area contributed by atoms with Gasteiger partial charge in [0.05, 0.1) is 6.04 Å². The molecule has 1 aliphatic carbocycles. The van der Waals surface area contributed by atoms with Gasteiger partial charge in [0.1, 0.15) is 0 Å². The van der Waals surface area contributed by atoms with Crippen molar-refractivity contribution in [1.82, 2.24) is 0 Å². The van der Waals surface area contributed by atoms with E-state index < -0.39 is 0 Å². The van der Waals surface area contributed by atoms with Gasteiger partial charge in [0.15, 0.2) is 0 Å². The summed E-state index contributed by atoms with van der Waals surface area (Å²) in [4.78, 5) is 5.13.